The molecule has 0 aromatic heterocycles. The molecule has 0 saturated carbocycles. The van der Waals surface area contributed by atoms with Crippen molar-refractivity contribution < 1.29 is 19.4 Å². The summed E-state index contributed by atoms with van der Waals surface area (Å²) in [6.07, 6.45) is 0.958. The molecular formula is C13H18BrNO4. The Morgan fingerprint density at radius 3 is 2.53 bits per heavy atom. The number of carboxylic acid groups (broad SMARTS) is 1. The average Bonchev–Trinajstić information content (AvgIpc) is 2.40. The van der Waals surface area contributed by atoms with E-state index in [-0.39, 0.29) is 6.42 Å². The standard InChI is InChI=1S/C13H18BrNO4/c1-4-7-5-10(18-2)12(19-3)8(11(7)14)6-9(15)13(16)17/h5,9H,4,6,15H2,1-3H3,(H,16,17). The van der Waals surface area contributed by atoms with Gasteiger partial charge in [-0.05, 0) is 18.1 Å². The van der Waals surface area contributed by atoms with Crippen LogP contribution in [0.15, 0.2) is 10.5 Å². The minimum absolute atomic E-state index is 0.170. The number of carbonyl (C=O) groups is 1. The van der Waals surface area contributed by atoms with Crippen LogP contribution in [0, 0.1) is 0 Å². The molecule has 1 atom stereocenters. The van der Waals surface area contributed by atoms with Crippen molar-refractivity contribution >= 4 is 21.9 Å². The Labute approximate surface area is 120 Å². The predicted octanol–water partition coefficient (Wildman–Crippen LogP) is 1.98. The van der Waals surface area contributed by atoms with Gasteiger partial charge in [0, 0.05) is 16.5 Å². The number of benzene rings is 1. The fourth-order valence-electron chi connectivity index (χ4n) is 1.85. The van der Waals surface area contributed by atoms with Crippen molar-refractivity contribution in [2.75, 3.05) is 14.2 Å². The van der Waals surface area contributed by atoms with Gasteiger partial charge in [-0.2, -0.15) is 0 Å². The lowest BCUT2D eigenvalue weighted by Gasteiger charge is -2.18. The molecular weight excluding hydrogens is 314 g/mol. The summed E-state index contributed by atoms with van der Waals surface area (Å²) in [5.41, 5.74) is 7.34. The highest BCUT2D eigenvalue weighted by Gasteiger charge is 2.22. The number of hydrogen-bond acceptors (Lipinski definition) is 4. The molecule has 106 valence electrons. The lowest BCUT2D eigenvalue weighted by molar-refractivity contribution is -0.138. The number of methoxy groups -OCH3 is 2. The minimum Gasteiger partial charge on any atom is -0.493 e. The number of halogens is 1. The van der Waals surface area contributed by atoms with E-state index in [1.165, 1.54) is 7.11 Å². The van der Waals surface area contributed by atoms with Crippen LogP contribution in [0.25, 0.3) is 0 Å². The van der Waals surface area contributed by atoms with Crippen molar-refractivity contribution in [1.82, 2.24) is 0 Å². The van der Waals surface area contributed by atoms with E-state index in [1.54, 1.807) is 7.11 Å². The van der Waals surface area contributed by atoms with E-state index in [0.29, 0.717) is 17.1 Å². The Morgan fingerprint density at radius 2 is 2.11 bits per heavy atom. The smallest absolute Gasteiger partial charge is 0.320 e. The molecule has 0 aliphatic heterocycles. The maximum absolute atomic E-state index is 10.9. The third-order valence-corrected chi connectivity index (χ3v) is 3.88. The van der Waals surface area contributed by atoms with Gasteiger partial charge in [-0.1, -0.05) is 22.9 Å². The minimum atomic E-state index is -1.05. The Balaban J connectivity index is 3.36. The second kappa shape index (κ2) is 6.77. The SMILES string of the molecule is CCc1cc(OC)c(OC)c(CC(N)C(=O)O)c1Br. The van der Waals surface area contributed by atoms with Gasteiger partial charge in [-0.25, -0.2) is 0 Å². The number of hydrogen-bond donors (Lipinski definition) is 2. The molecule has 0 radical (unpaired) electrons. The van der Waals surface area contributed by atoms with E-state index in [9.17, 15) is 4.79 Å². The monoisotopic (exact) mass is 331 g/mol. The van der Waals surface area contributed by atoms with Crippen molar-refractivity contribution in [1.29, 1.82) is 0 Å². The summed E-state index contributed by atoms with van der Waals surface area (Å²) in [4.78, 5) is 10.9. The number of ether oxygens (including phenoxy) is 2. The summed E-state index contributed by atoms with van der Waals surface area (Å²) < 4.78 is 11.4. The van der Waals surface area contributed by atoms with Gasteiger partial charge < -0.3 is 20.3 Å². The summed E-state index contributed by atoms with van der Waals surface area (Å²) in [5.74, 6) is 0.0493. The molecule has 1 rings (SSSR count). The maximum atomic E-state index is 10.9. The van der Waals surface area contributed by atoms with Crippen molar-refractivity contribution in [3.05, 3.63) is 21.7 Å². The van der Waals surface area contributed by atoms with Crippen LogP contribution in [0.3, 0.4) is 0 Å². The number of carboxylic acids is 1. The van der Waals surface area contributed by atoms with Crippen molar-refractivity contribution in [2.45, 2.75) is 25.8 Å². The summed E-state index contributed by atoms with van der Waals surface area (Å²) in [6, 6.07) is 0.889. The third-order valence-electron chi connectivity index (χ3n) is 2.90. The number of rotatable bonds is 6. The molecule has 0 heterocycles. The topological polar surface area (TPSA) is 81.8 Å². The fourth-order valence-corrected chi connectivity index (χ4v) is 2.59. The Kier molecular flexibility index (Phi) is 5.62. The van der Waals surface area contributed by atoms with Gasteiger partial charge in [0.25, 0.3) is 0 Å². The third kappa shape index (κ3) is 3.39. The van der Waals surface area contributed by atoms with Gasteiger partial charge in [-0.15, -0.1) is 0 Å². The molecule has 6 heteroatoms. The Hall–Kier alpha value is -1.27. The highest BCUT2D eigenvalue weighted by atomic mass is 79.9. The summed E-state index contributed by atoms with van der Waals surface area (Å²) in [7, 11) is 3.07. The first-order valence-electron chi connectivity index (χ1n) is 5.86. The number of aryl methyl sites for hydroxylation is 1. The predicted molar refractivity (Wildman–Crippen MR) is 75.9 cm³/mol. The van der Waals surface area contributed by atoms with Gasteiger partial charge >= 0.3 is 5.97 Å². The molecule has 1 aromatic rings. The van der Waals surface area contributed by atoms with Crippen LogP contribution in [0.2, 0.25) is 0 Å². The van der Waals surface area contributed by atoms with Gasteiger partial charge in [0.1, 0.15) is 6.04 Å². The van der Waals surface area contributed by atoms with Crippen LogP contribution in [-0.4, -0.2) is 31.3 Å². The number of nitrogens with two attached hydrogens (primary N) is 1. The maximum Gasteiger partial charge on any atom is 0.320 e. The molecule has 0 saturated heterocycles. The van der Waals surface area contributed by atoms with E-state index < -0.39 is 12.0 Å². The molecule has 0 spiro atoms. The molecule has 0 bridgehead atoms. The zero-order valence-electron chi connectivity index (χ0n) is 11.2. The molecule has 0 amide bonds. The van der Waals surface area contributed by atoms with Gasteiger partial charge in [0.15, 0.2) is 11.5 Å². The lowest BCUT2D eigenvalue weighted by Crippen LogP contribution is -2.32. The molecule has 0 aliphatic rings. The largest absolute Gasteiger partial charge is 0.493 e. The summed E-state index contributed by atoms with van der Waals surface area (Å²) in [6.45, 7) is 2.01. The van der Waals surface area contributed by atoms with Gasteiger partial charge in [0.05, 0.1) is 14.2 Å². The van der Waals surface area contributed by atoms with Crippen molar-refractivity contribution in [3.63, 3.8) is 0 Å². The van der Waals surface area contributed by atoms with Crippen LogP contribution < -0.4 is 15.2 Å². The van der Waals surface area contributed by atoms with E-state index in [0.717, 1.165) is 16.5 Å². The van der Waals surface area contributed by atoms with Gasteiger partial charge in [0.2, 0.25) is 0 Å². The quantitative estimate of drug-likeness (QED) is 0.832. The number of aliphatic carboxylic acids is 1. The van der Waals surface area contributed by atoms with Crippen LogP contribution in [0.1, 0.15) is 18.1 Å². The van der Waals surface area contributed by atoms with Crippen LogP contribution in [0.5, 0.6) is 11.5 Å². The Morgan fingerprint density at radius 1 is 1.47 bits per heavy atom. The van der Waals surface area contributed by atoms with Crippen LogP contribution in [-0.2, 0) is 17.6 Å². The molecule has 0 fully saturated rings. The molecule has 1 aromatic carbocycles. The zero-order valence-corrected chi connectivity index (χ0v) is 12.8. The van der Waals surface area contributed by atoms with E-state index in [4.69, 9.17) is 20.3 Å². The van der Waals surface area contributed by atoms with E-state index in [1.807, 2.05) is 13.0 Å². The first-order valence-corrected chi connectivity index (χ1v) is 6.66. The lowest BCUT2D eigenvalue weighted by atomic mass is 10.0. The molecule has 1 unspecified atom stereocenters. The van der Waals surface area contributed by atoms with E-state index in [2.05, 4.69) is 15.9 Å². The van der Waals surface area contributed by atoms with Crippen LogP contribution >= 0.6 is 15.9 Å². The van der Waals surface area contributed by atoms with Gasteiger partial charge in [-0.3, -0.25) is 4.79 Å². The second-order valence-electron chi connectivity index (χ2n) is 4.07. The van der Waals surface area contributed by atoms with Crippen molar-refractivity contribution in [3.8, 4) is 11.5 Å². The first-order chi connectivity index (χ1) is 8.96. The Bertz CT molecular complexity index is 476. The average molecular weight is 332 g/mol. The second-order valence-corrected chi connectivity index (χ2v) is 4.86. The molecule has 5 nitrogen and oxygen atoms in total. The summed E-state index contributed by atoms with van der Waals surface area (Å²) in [5, 5.41) is 8.94. The zero-order chi connectivity index (χ0) is 14.6. The molecule has 0 aliphatic carbocycles. The highest BCUT2D eigenvalue weighted by molar-refractivity contribution is 9.10. The first kappa shape index (κ1) is 15.8. The fraction of sp³-hybridized carbons (Fsp3) is 0.462. The highest BCUT2D eigenvalue weighted by Crippen LogP contribution is 2.39. The van der Waals surface area contributed by atoms with E-state index >= 15 is 0 Å². The van der Waals surface area contributed by atoms with Crippen molar-refractivity contribution in [2.24, 2.45) is 5.73 Å². The normalized spacial score (nSPS) is 12.1. The molecule has 19 heavy (non-hydrogen) atoms. The molecule has 3 N–H and O–H groups in total. The summed E-state index contributed by atoms with van der Waals surface area (Å²) >= 11 is 3.49. The van der Waals surface area contributed by atoms with Crippen LogP contribution in [0.4, 0.5) is 0 Å².